The highest BCUT2D eigenvalue weighted by atomic mass is 32.2. The number of methoxy groups -OCH3 is 2. The minimum atomic E-state index is -0.234. The van der Waals surface area contributed by atoms with Gasteiger partial charge < -0.3 is 9.47 Å². The van der Waals surface area contributed by atoms with Gasteiger partial charge in [-0.1, -0.05) is 11.8 Å². The smallest absolute Gasteiger partial charge is 0.181 e. The molecule has 1 unspecified atom stereocenters. The molecule has 3 heterocycles. The summed E-state index contributed by atoms with van der Waals surface area (Å²) in [5.41, 5.74) is 1.62. The Morgan fingerprint density at radius 2 is 2.07 bits per heavy atom. The van der Waals surface area contributed by atoms with Crippen molar-refractivity contribution in [1.29, 1.82) is 0 Å². The molecule has 0 radical (unpaired) electrons. The quantitative estimate of drug-likeness (QED) is 0.809. The Morgan fingerprint density at radius 3 is 2.81 bits per heavy atom. The molecule has 2 aromatic rings. The number of azo groups is 1. The Kier molecular flexibility index (Phi) is 4.68. The zero-order chi connectivity index (χ0) is 18.8. The summed E-state index contributed by atoms with van der Waals surface area (Å²) < 4.78 is 12.5. The van der Waals surface area contributed by atoms with Gasteiger partial charge in [-0.05, 0) is 30.4 Å². The van der Waals surface area contributed by atoms with Crippen molar-refractivity contribution < 1.29 is 9.47 Å². The van der Waals surface area contributed by atoms with Gasteiger partial charge >= 0.3 is 0 Å². The predicted octanol–water partition coefficient (Wildman–Crippen LogP) is 3.51. The molecule has 1 aromatic heterocycles. The molecule has 0 amide bonds. The van der Waals surface area contributed by atoms with Gasteiger partial charge in [-0.2, -0.15) is 20.4 Å². The van der Waals surface area contributed by atoms with Gasteiger partial charge in [0.15, 0.2) is 6.17 Å². The number of fused-ring (bicyclic) bond motifs is 1. The van der Waals surface area contributed by atoms with Crippen molar-refractivity contribution in [3.63, 3.8) is 0 Å². The van der Waals surface area contributed by atoms with Gasteiger partial charge in [0, 0.05) is 18.8 Å². The molecular formula is C18H18N6O2S. The van der Waals surface area contributed by atoms with Gasteiger partial charge in [-0.25, -0.2) is 5.01 Å². The first-order chi connectivity index (χ1) is 13.2. The molecule has 1 aromatic carbocycles. The fourth-order valence-corrected chi connectivity index (χ4v) is 3.58. The van der Waals surface area contributed by atoms with E-state index in [1.165, 1.54) is 11.8 Å². The number of aromatic nitrogens is 2. The van der Waals surface area contributed by atoms with Crippen LogP contribution < -0.4 is 9.47 Å². The van der Waals surface area contributed by atoms with Gasteiger partial charge in [0.25, 0.3) is 0 Å². The molecule has 1 atom stereocenters. The van der Waals surface area contributed by atoms with Gasteiger partial charge in [-0.15, -0.1) is 0 Å². The lowest BCUT2D eigenvalue weighted by molar-refractivity contribution is 0.325. The van der Waals surface area contributed by atoms with E-state index in [9.17, 15) is 0 Å². The summed E-state index contributed by atoms with van der Waals surface area (Å²) in [4.78, 5) is 0.925. The van der Waals surface area contributed by atoms with Crippen molar-refractivity contribution >= 4 is 22.5 Å². The third kappa shape index (κ3) is 3.59. The number of benzene rings is 1. The standard InChI is InChI=1S/C18H18N6O2S/c1-23-10-12(9-19-23)14-11-24-17(21-20-14)6-7-18(22-24)27-16-8-13(25-2)4-5-15(16)26-3/h4-11,17H,1-3H3. The lowest BCUT2D eigenvalue weighted by atomic mass is 10.2. The van der Waals surface area contributed by atoms with Crippen molar-refractivity contribution in [2.45, 2.75) is 11.1 Å². The second-order valence-corrected chi connectivity index (χ2v) is 6.90. The van der Waals surface area contributed by atoms with Crippen LogP contribution in [0.4, 0.5) is 0 Å². The number of hydrazone groups is 1. The first kappa shape index (κ1) is 17.3. The minimum absolute atomic E-state index is 0.234. The van der Waals surface area contributed by atoms with Gasteiger partial charge in [-0.3, -0.25) is 4.68 Å². The van der Waals surface area contributed by atoms with Gasteiger partial charge in [0.1, 0.15) is 22.2 Å². The highest BCUT2D eigenvalue weighted by molar-refractivity contribution is 8.14. The fraction of sp³-hybridized carbons (Fsp3) is 0.222. The molecule has 27 heavy (non-hydrogen) atoms. The van der Waals surface area contributed by atoms with E-state index >= 15 is 0 Å². The number of hydrogen-bond acceptors (Lipinski definition) is 8. The molecular weight excluding hydrogens is 364 g/mol. The molecule has 9 heteroatoms. The van der Waals surface area contributed by atoms with E-state index in [4.69, 9.17) is 9.47 Å². The third-order valence-electron chi connectivity index (χ3n) is 4.02. The number of aryl methyl sites for hydroxylation is 1. The van der Waals surface area contributed by atoms with Crippen LogP contribution in [0.3, 0.4) is 0 Å². The lowest BCUT2D eigenvalue weighted by Gasteiger charge is -2.26. The molecule has 0 saturated heterocycles. The first-order valence-electron chi connectivity index (χ1n) is 8.23. The molecule has 0 fully saturated rings. The van der Waals surface area contributed by atoms with Crippen LogP contribution in [0, 0.1) is 0 Å². The number of nitrogens with zero attached hydrogens (tertiary/aromatic N) is 6. The molecule has 0 spiro atoms. The molecule has 138 valence electrons. The highest BCUT2D eigenvalue weighted by Gasteiger charge is 2.23. The summed E-state index contributed by atoms with van der Waals surface area (Å²) in [7, 11) is 5.15. The zero-order valence-electron chi connectivity index (χ0n) is 15.1. The van der Waals surface area contributed by atoms with Crippen molar-refractivity contribution in [1.82, 2.24) is 14.8 Å². The summed E-state index contributed by atoms with van der Waals surface area (Å²) in [5, 5.41) is 20.1. The van der Waals surface area contributed by atoms with Crippen molar-refractivity contribution in [3.05, 3.63) is 54.5 Å². The lowest BCUT2D eigenvalue weighted by Crippen LogP contribution is -2.28. The second-order valence-electron chi connectivity index (χ2n) is 5.84. The number of hydrogen-bond donors (Lipinski definition) is 0. The molecule has 0 N–H and O–H groups in total. The van der Waals surface area contributed by atoms with Crippen LogP contribution in [0.15, 0.2) is 69.2 Å². The zero-order valence-corrected chi connectivity index (χ0v) is 15.9. The minimum Gasteiger partial charge on any atom is -0.497 e. The summed E-state index contributed by atoms with van der Waals surface area (Å²) in [6, 6.07) is 5.68. The Balaban J connectivity index is 1.59. The van der Waals surface area contributed by atoms with Gasteiger partial charge in [0.2, 0.25) is 0 Å². The SMILES string of the molecule is COc1ccc(OC)c(SC2=NN3C=C(c4cnn(C)c4)N=NC3C=C2)c1. The molecule has 2 aliphatic rings. The second kappa shape index (κ2) is 7.28. The molecule has 0 aliphatic carbocycles. The van der Waals surface area contributed by atoms with Crippen LogP contribution in [0.1, 0.15) is 5.56 Å². The van der Waals surface area contributed by atoms with Crippen LogP contribution in [0.5, 0.6) is 11.5 Å². The van der Waals surface area contributed by atoms with Crippen LogP contribution in [0.25, 0.3) is 5.70 Å². The van der Waals surface area contributed by atoms with E-state index in [1.807, 2.05) is 49.8 Å². The van der Waals surface area contributed by atoms with E-state index in [2.05, 4.69) is 20.4 Å². The summed E-state index contributed by atoms with van der Waals surface area (Å²) in [6.45, 7) is 0. The van der Waals surface area contributed by atoms with Crippen molar-refractivity contribution in [2.75, 3.05) is 14.2 Å². The summed E-state index contributed by atoms with van der Waals surface area (Å²) >= 11 is 1.50. The number of ether oxygens (including phenoxy) is 2. The predicted molar refractivity (Wildman–Crippen MR) is 104 cm³/mol. The van der Waals surface area contributed by atoms with E-state index < -0.39 is 0 Å². The normalized spacial score (nSPS) is 18.0. The van der Waals surface area contributed by atoms with Crippen LogP contribution >= 0.6 is 11.8 Å². The average Bonchev–Trinajstić information content (AvgIpc) is 3.13. The van der Waals surface area contributed by atoms with Crippen LogP contribution in [-0.2, 0) is 7.05 Å². The average molecular weight is 382 g/mol. The van der Waals surface area contributed by atoms with E-state index in [0.29, 0.717) is 0 Å². The Bertz CT molecular complexity index is 978. The topological polar surface area (TPSA) is 76.6 Å². The number of rotatable bonds is 4. The van der Waals surface area contributed by atoms with Crippen LogP contribution in [-0.4, -0.2) is 40.2 Å². The Hall–Kier alpha value is -3.07. The third-order valence-corrected chi connectivity index (χ3v) is 4.99. The first-order valence-corrected chi connectivity index (χ1v) is 9.04. The van der Waals surface area contributed by atoms with Crippen molar-refractivity contribution in [3.8, 4) is 11.5 Å². The van der Waals surface area contributed by atoms with E-state index in [1.54, 1.807) is 30.1 Å². The maximum atomic E-state index is 5.45. The Morgan fingerprint density at radius 1 is 1.19 bits per heavy atom. The molecule has 4 rings (SSSR count). The summed E-state index contributed by atoms with van der Waals surface area (Å²) in [5.74, 6) is 1.53. The monoisotopic (exact) mass is 382 g/mol. The highest BCUT2D eigenvalue weighted by Crippen LogP contribution is 2.35. The molecule has 2 aliphatic heterocycles. The number of thioether (sulfide) groups is 1. The van der Waals surface area contributed by atoms with E-state index in [-0.39, 0.29) is 6.17 Å². The van der Waals surface area contributed by atoms with Gasteiger partial charge in [0.05, 0.1) is 31.5 Å². The van der Waals surface area contributed by atoms with Crippen LogP contribution in [0.2, 0.25) is 0 Å². The Labute approximate surface area is 160 Å². The maximum Gasteiger partial charge on any atom is 0.181 e. The van der Waals surface area contributed by atoms with E-state index in [0.717, 1.165) is 32.7 Å². The summed E-state index contributed by atoms with van der Waals surface area (Å²) in [6.07, 6.45) is 9.19. The maximum absolute atomic E-state index is 5.45. The molecule has 0 bridgehead atoms. The largest absolute Gasteiger partial charge is 0.497 e. The fourth-order valence-electron chi connectivity index (χ4n) is 2.65. The molecule has 0 saturated carbocycles. The molecule has 8 nitrogen and oxygen atoms in total. The van der Waals surface area contributed by atoms with Crippen molar-refractivity contribution in [2.24, 2.45) is 22.4 Å².